The maximum absolute atomic E-state index is 13.2. The van der Waals surface area contributed by atoms with Crippen LogP contribution in [0.25, 0.3) is 16.7 Å². The predicted molar refractivity (Wildman–Crippen MR) is 115 cm³/mol. The fraction of sp³-hybridized carbons (Fsp3) is 0.143. The highest BCUT2D eigenvalue weighted by atomic mass is 35.5. The van der Waals surface area contributed by atoms with Crippen molar-refractivity contribution in [1.29, 1.82) is 0 Å². The van der Waals surface area contributed by atoms with Gasteiger partial charge in [-0.3, -0.25) is 4.79 Å². The van der Waals surface area contributed by atoms with E-state index in [0.29, 0.717) is 27.9 Å². The van der Waals surface area contributed by atoms with Crippen LogP contribution in [0.2, 0.25) is 5.02 Å². The van der Waals surface area contributed by atoms with Crippen LogP contribution in [-0.4, -0.2) is 30.9 Å². The van der Waals surface area contributed by atoms with Gasteiger partial charge in [0.1, 0.15) is 17.2 Å². The molecule has 0 aliphatic rings. The summed E-state index contributed by atoms with van der Waals surface area (Å²) in [6.45, 7) is 2.16. The Balaban J connectivity index is 1.50. The van der Waals surface area contributed by atoms with E-state index < -0.39 is 0 Å². The monoisotopic (exact) mass is 441 g/mol. The van der Waals surface area contributed by atoms with E-state index in [-0.39, 0.29) is 17.0 Å². The standard InChI is InChI=1S/C21H17ClFN5OS/c1-13(20(29)24-10-14-4-2-3-5-18(14)22)30-21-17-11-27-28(19(17)25-12-26-21)16-8-6-15(23)7-9-16/h2-9,11-13H,10H2,1H3,(H,24,29). The number of nitrogens with zero attached hydrogens (tertiary/aromatic N) is 4. The van der Waals surface area contributed by atoms with Gasteiger partial charge in [0, 0.05) is 11.6 Å². The first-order valence-corrected chi connectivity index (χ1v) is 10.4. The van der Waals surface area contributed by atoms with Crippen LogP contribution in [-0.2, 0) is 11.3 Å². The van der Waals surface area contributed by atoms with Gasteiger partial charge in [0.15, 0.2) is 5.65 Å². The Labute approximate surface area is 181 Å². The second-order valence-electron chi connectivity index (χ2n) is 6.52. The van der Waals surface area contributed by atoms with Gasteiger partial charge in [-0.25, -0.2) is 19.0 Å². The fourth-order valence-corrected chi connectivity index (χ4v) is 3.98. The lowest BCUT2D eigenvalue weighted by atomic mass is 10.2. The average Bonchev–Trinajstić information content (AvgIpc) is 3.18. The Morgan fingerprint density at radius 1 is 1.20 bits per heavy atom. The van der Waals surface area contributed by atoms with Crippen LogP contribution in [0.4, 0.5) is 4.39 Å². The number of hydrogen-bond donors (Lipinski definition) is 1. The average molecular weight is 442 g/mol. The molecule has 2 heterocycles. The molecular formula is C21H17ClFN5OS. The van der Waals surface area contributed by atoms with Crippen molar-refractivity contribution < 1.29 is 9.18 Å². The molecule has 1 N–H and O–H groups in total. The molecule has 6 nitrogen and oxygen atoms in total. The van der Waals surface area contributed by atoms with E-state index in [2.05, 4.69) is 20.4 Å². The van der Waals surface area contributed by atoms with Crippen LogP contribution in [0.1, 0.15) is 12.5 Å². The van der Waals surface area contributed by atoms with E-state index in [1.807, 2.05) is 25.1 Å². The topological polar surface area (TPSA) is 72.7 Å². The molecule has 0 aliphatic carbocycles. The van der Waals surface area contributed by atoms with Gasteiger partial charge in [-0.1, -0.05) is 41.6 Å². The Kier molecular flexibility index (Phi) is 5.96. The number of benzene rings is 2. The molecule has 0 aliphatic heterocycles. The number of aromatic nitrogens is 4. The lowest BCUT2D eigenvalue weighted by Crippen LogP contribution is -2.30. The van der Waals surface area contributed by atoms with E-state index in [1.54, 1.807) is 29.1 Å². The SMILES string of the molecule is CC(Sc1ncnc2c1cnn2-c1ccc(F)cc1)C(=O)NCc1ccccc1Cl. The van der Waals surface area contributed by atoms with Crippen LogP contribution in [0.15, 0.2) is 66.1 Å². The first-order chi connectivity index (χ1) is 14.5. The molecule has 0 spiro atoms. The number of halogens is 2. The minimum absolute atomic E-state index is 0.127. The van der Waals surface area contributed by atoms with Crippen molar-refractivity contribution in [2.45, 2.75) is 23.7 Å². The number of fused-ring (bicyclic) bond motifs is 1. The van der Waals surface area contributed by atoms with Crippen molar-refractivity contribution in [2.24, 2.45) is 0 Å². The number of carbonyl (C=O) groups excluding carboxylic acids is 1. The number of amides is 1. The minimum Gasteiger partial charge on any atom is -0.351 e. The summed E-state index contributed by atoms with van der Waals surface area (Å²) in [5.74, 6) is -0.449. The normalized spacial score (nSPS) is 12.1. The van der Waals surface area contributed by atoms with Gasteiger partial charge in [-0.05, 0) is 42.8 Å². The van der Waals surface area contributed by atoms with Crippen LogP contribution < -0.4 is 5.32 Å². The molecule has 9 heteroatoms. The van der Waals surface area contributed by atoms with Crippen molar-refractivity contribution in [2.75, 3.05) is 0 Å². The highest BCUT2D eigenvalue weighted by Gasteiger charge is 2.19. The Morgan fingerprint density at radius 3 is 2.73 bits per heavy atom. The summed E-state index contributed by atoms with van der Waals surface area (Å²) in [7, 11) is 0. The van der Waals surface area contributed by atoms with Crippen LogP contribution in [0, 0.1) is 5.82 Å². The summed E-state index contributed by atoms with van der Waals surface area (Å²) in [5, 5.41) is 8.85. The zero-order chi connectivity index (χ0) is 21.1. The third-order valence-corrected chi connectivity index (χ3v) is 5.95. The molecule has 1 atom stereocenters. The third kappa shape index (κ3) is 4.29. The number of hydrogen-bond acceptors (Lipinski definition) is 5. The quantitative estimate of drug-likeness (QED) is 0.354. The Hall–Kier alpha value is -2.97. The van der Waals surface area contributed by atoms with E-state index in [0.717, 1.165) is 10.9 Å². The van der Waals surface area contributed by atoms with Gasteiger partial charge in [0.2, 0.25) is 5.91 Å². The molecule has 30 heavy (non-hydrogen) atoms. The number of nitrogens with one attached hydrogen (secondary N) is 1. The minimum atomic E-state index is -0.389. The zero-order valence-electron chi connectivity index (χ0n) is 15.9. The summed E-state index contributed by atoms with van der Waals surface area (Å²) in [6, 6.07) is 13.4. The summed E-state index contributed by atoms with van der Waals surface area (Å²) in [5.41, 5.74) is 2.13. The van der Waals surface area contributed by atoms with Crippen LogP contribution in [0.5, 0.6) is 0 Å². The first-order valence-electron chi connectivity index (χ1n) is 9.15. The maximum Gasteiger partial charge on any atom is 0.233 e. The number of rotatable bonds is 6. The molecule has 0 fully saturated rings. The van der Waals surface area contributed by atoms with E-state index in [1.165, 1.54) is 30.2 Å². The molecule has 4 rings (SSSR count). The lowest BCUT2D eigenvalue weighted by molar-refractivity contribution is -0.120. The molecule has 1 unspecified atom stereocenters. The second-order valence-corrected chi connectivity index (χ2v) is 8.25. The van der Waals surface area contributed by atoms with Gasteiger partial charge >= 0.3 is 0 Å². The molecule has 152 valence electrons. The van der Waals surface area contributed by atoms with Crippen molar-refractivity contribution in [3.63, 3.8) is 0 Å². The maximum atomic E-state index is 13.2. The summed E-state index contributed by atoms with van der Waals surface area (Å²) >= 11 is 7.46. The van der Waals surface area contributed by atoms with Gasteiger partial charge in [-0.2, -0.15) is 5.10 Å². The smallest absolute Gasteiger partial charge is 0.233 e. The highest BCUT2D eigenvalue weighted by Crippen LogP contribution is 2.29. The van der Waals surface area contributed by atoms with Crippen LogP contribution in [0.3, 0.4) is 0 Å². The van der Waals surface area contributed by atoms with Gasteiger partial charge < -0.3 is 5.32 Å². The van der Waals surface area contributed by atoms with Crippen molar-refractivity contribution in [3.8, 4) is 5.69 Å². The predicted octanol–water partition coefficient (Wildman–Crippen LogP) is 4.41. The summed E-state index contributed by atoms with van der Waals surface area (Å²) in [4.78, 5) is 21.2. The largest absolute Gasteiger partial charge is 0.351 e. The third-order valence-electron chi connectivity index (χ3n) is 4.47. The fourth-order valence-electron chi connectivity index (χ4n) is 2.88. The van der Waals surface area contributed by atoms with Gasteiger partial charge in [0.25, 0.3) is 0 Å². The van der Waals surface area contributed by atoms with Crippen molar-refractivity contribution >= 4 is 40.3 Å². The lowest BCUT2D eigenvalue weighted by Gasteiger charge is -2.12. The van der Waals surface area contributed by atoms with E-state index in [4.69, 9.17) is 11.6 Å². The zero-order valence-corrected chi connectivity index (χ0v) is 17.5. The van der Waals surface area contributed by atoms with E-state index in [9.17, 15) is 9.18 Å². The molecule has 0 saturated carbocycles. The Bertz CT molecular complexity index is 1200. The van der Waals surface area contributed by atoms with Crippen LogP contribution >= 0.6 is 23.4 Å². The van der Waals surface area contributed by atoms with Gasteiger partial charge in [0.05, 0.1) is 22.5 Å². The molecule has 0 bridgehead atoms. The number of carbonyl (C=O) groups is 1. The molecule has 0 saturated heterocycles. The summed E-state index contributed by atoms with van der Waals surface area (Å²) < 4.78 is 14.8. The number of thioether (sulfide) groups is 1. The molecule has 0 radical (unpaired) electrons. The van der Waals surface area contributed by atoms with E-state index >= 15 is 0 Å². The molecule has 4 aromatic rings. The summed E-state index contributed by atoms with van der Waals surface area (Å²) in [6.07, 6.45) is 3.08. The highest BCUT2D eigenvalue weighted by molar-refractivity contribution is 8.00. The molecular weight excluding hydrogens is 425 g/mol. The Morgan fingerprint density at radius 2 is 1.97 bits per heavy atom. The molecule has 1 amide bonds. The van der Waals surface area contributed by atoms with Crippen molar-refractivity contribution in [3.05, 3.63) is 77.5 Å². The molecule has 2 aromatic heterocycles. The molecule has 2 aromatic carbocycles. The second kappa shape index (κ2) is 8.81. The van der Waals surface area contributed by atoms with Gasteiger partial charge in [-0.15, -0.1) is 0 Å². The first kappa shape index (κ1) is 20.3. The van der Waals surface area contributed by atoms with Crippen molar-refractivity contribution in [1.82, 2.24) is 25.1 Å².